The average molecular weight is 321 g/mol. The van der Waals surface area contributed by atoms with Crippen LogP contribution >= 0.6 is 0 Å². The maximum atomic E-state index is 11.6. The van der Waals surface area contributed by atoms with Gasteiger partial charge in [-0.2, -0.15) is 0 Å². The highest BCUT2D eigenvalue weighted by Crippen LogP contribution is 2.37. The van der Waals surface area contributed by atoms with Crippen LogP contribution in [0.1, 0.15) is 42.1 Å². The first-order valence-electron chi connectivity index (χ1n) is 7.85. The second-order valence-electron chi connectivity index (χ2n) is 6.21. The molecule has 2 atom stereocenters. The Balaban J connectivity index is 2.02. The molecule has 6 nitrogen and oxygen atoms in total. The Morgan fingerprint density at radius 2 is 1.91 bits per heavy atom. The molecule has 1 aromatic rings. The van der Waals surface area contributed by atoms with E-state index in [1.54, 1.807) is 24.3 Å². The van der Waals surface area contributed by atoms with Gasteiger partial charge in [0.25, 0.3) is 0 Å². The van der Waals surface area contributed by atoms with E-state index >= 15 is 0 Å². The Labute approximate surface area is 135 Å². The Hall–Kier alpha value is -1.92. The number of carboxylic acids is 2. The molecule has 0 bridgehead atoms. The number of carboxylic acid groups (broad SMARTS) is 2. The van der Waals surface area contributed by atoms with Gasteiger partial charge in [-0.15, -0.1) is 0 Å². The molecule has 0 saturated carbocycles. The van der Waals surface area contributed by atoms with Gasteiger partial charge in [-0.3, -0.25) is 9.69 Å². The Morgan fingerprint density at radius 3 is 2.39 bits per heavy atom. The van der Waals surface area contributed by atoms with Gasteiger partial charge in [-0.05, 0) is 37.1 Å². The number of hydrogen-bond acceptors (Lipinski definition) is 4. The zero-order chi connectivity index (χ0) is 17.0. The van der Waals surface area contributed by atoms with Crippen molar-refractivity contribution in [2.45, 2.75) is 38.8 Å². The largest absolute Gasteiger partial charge is 0.481 e. The minimum absolute atomic E-state index is 0.236. The number of aliphatic hydroxyl groups is 1. The minimum atomic E-state index is -1.04. The first kappa shape index (κ1) is 17.4. The van der Waals surface area contributed by atoms with Crippen molar-refractivity contribution in [2.24, 2.45) is 5.41 Å². The quantitative estimate of drug-likeness (QED) is 0.739. The zero-order valence-electron chi connectivity index (χ0n) is 13.2. The van der Waals surface area contributed by atoms with Crippen molar-refractivity contribution in [3.05, 3.63) is 35.4 Å². The van der Waals surface area contributed by atoms with Crippen LogP contribution in [-0.2, 0) is 11.3 Å². The maximum absolute atomic E-state index is 11.6. The Bertz CT molecular complexity index is 571. The molecule has 1 aromatic carbocycles. The lowest BCUT2D eigenvalue weighted by molar-refractivity contribution is -0.164. The molecule has 1 aliphatic heterocycles. The maximum Gasteiger partial charge on any atom is 0.335 e. The van der Waals surface area contributed by atoms with Crippen LogP contribution in [0.15, 0.2) is 24.3 Å². The fourth-order valence-electron chi connectivity index (χ4n) is 3.28. The number of likely N-dealkylation sites (tertiary alicyclic amines) is 1. The highest BCUT2D eigenvalue weighted by molar-refractivity contribution is 5.87. The fraction of sp³-hybridized carbons (Fsp3) is 0.529. The predicted molar refractivity (Wildman–Crippen MR) is 84.3 cm³/mol. The third-order valence-electron chi connectivity index (χ3n) is 4.67. The van der Waals surface area contributed by atoms with Gasteiger partial charge in [0.1, 0.15) is 0 Å². The minimum Gasteiger partial charge on any atom is -0.481 e. The number of aliphatic hydroxyl groups excluding tert-OH is 1. The number of benzene rings is 1. The molecule has 1 fully saturated rings. The van der Waals surface area contributed by atoms with Gasteiger partial charge in [0.2, 0.25) is 0 Å². The second-order valence-corrected chi connectivity index (χ2v) is 6.21. The van der Waals surface area contributed by atoms with E-state index in [1.807, 2.05) is 11.8 Å². The topological polar surface area (TPSA) is 98.1 Å². The van der Waals surface area contributed by atoms with E-state index in [-0.39, 0.29) is 5.56 Å². The summed E-state index contributed by atoms with van der Waals surface area (Å²) < 4.78 is 0. The highest BCUT2D eigenvalue weighted by atomic mass is 16.4. The molecule has 0 amide bonds. The van der Waals surface area contributed by atoms with Gasteiger partial charge < -0.3 is 15.3 Å². The van der Waals surface area contributed by atoms with Crippen molar-refractivity contribution in [1.29, 1.82) is 0 Å². The predicted octanol–water partition coefficient (Wildman–Crippen LogP) is 1.82. The summed E-state index contributed by atoms with van der Waals surface area (Å²) in [6.45, 7) is 3.41. The van der Waals surface area contributed by atoms with Crippen molar-refractivity contribution < 1.29 is 24.9 Å². The van der Waals surface area contributed by atoms with E-state index in [4.69, 9.17) is 5.11 Å². The van der Waals surface area contributed by atoms with Crippen LogP contribution in [0.5, 0.6) is 0 Å². The number of piperidine rings is 1. The van der Waals surface area contributed by atoms with Crippen LogP contribution in [0.2, 0.25) is 0 Å². The van der Waals surface area contributed by atoms with Crippen LogP contribution in [0, 0.1) is 5.41 Å². The van der Waals surface area contributed by atoms with E-state index < -0.39 is 23.5 Å². The summed E-state index contributed by atoms with van der Waals surface area (Å²) in [4.78, 5) is 24.5. The molecule has 0 radical (unpaired) electrons. The van der Waals surface area contributed by atoms with E-state index in [1.165, 1.54) is 0 Å². The van der Waals surface area contributed by atoms with Gasteiger partial charge in [0.05, 0.1) is 17.1 Å². The number of β-amino-alcohol motifs (C(OH)–C–C–N with tert-alkyl or cyclic N) is 1. The molecular weight excluding hydrogens is 298 g/mol. The lowest BCUT2D eigenvalue weighted by Gasteiger charge is -2.42. The van der Waals surface area contributed by atoms with E-state index in [0.717, 1.165) is 12.0 Å². The van der Waals surface area contributed by atoms with E-state index in [0.29, 0.717) is 32.5 Å². The van der Waals surface area contributed by atoms with E-state index in [9.17, 15) is 19.8 Å². The summed E-state index contributed by atoms with van der Waals surface area (Å²) in [6, 6.07) is 6.61. The van der Waals surface area contributed by atoms with Crippen molar-refractivity contribution in [3.63, 3.8) is 0 Å². The summed E-state index contributed by atoms with van der Waals surface area (Å²) in [5.41, 5.74) is 0.138. The van der Waals surface area contributed by atoms with Crippen molar-refractivity contribution >= 4 is 11.9 Å². The number of nitrogens with zero attached hydrogens (tertiary/aromatic N) is 1. The lowest BCUT2D eigenvalue weighted by atomic mass is 9.73. The molecule has 23 heavy (non-hydrogen) atoms. The molecule has 0 spiro atoms. The summed E-state index contributed by atoms with van der Waals surface area (Å²) >= 11 is 0. The van der Waals surface area contributed by atoms with Crippen LogP contribution in [0.25, 0.3) is 0 Å². The molecule has 1 saturated heterocycles. The number of aliphatic carboxylic acids is 1. The molecule has 0 aliphatic carbocycles. The third kappa shape index (κ3) is 3.71. The number of carbonyl (C=O) groups is 2. The summed E-state index contributed by atoms with van der Waals surface area (Å²) in [6.07, 6.45) is 0.724. The molecular formula is C17H23NO5. The monoisotopic (exact) mass is 321 g/mol. The number of hydrogen-bond donors (Lipinski definition) is 3. The van der Waals surface area contributed by atoms with Gasteiger partial charge in [0, 0.05) is 13.1 Å². The van der Waals surface area contributed by atoms with Crippen molar-refractivity contribution in [3.8, 4) is 0 Å². The van der Waals surface area contributed by atoms with Crippen LogP contribution < -0.4 is 0 Å². The van der Waals surface area contributed by atoms with Crippen molar-refractivity contribution in [1.82, 2.24) is 4.90 Å². The highest BCUT2D eigenvalue weighted by Gasteiger charge is 2.47. The molecule has 0 aromatic heterocycles. The SMILES string of the molecule is CCC[C@]1(C(=O)O)CCN(Cc2ccc(C(=O)O)cc2)C[C@@H]1O. The zero-order valence-corrected chi connectivity index (χ0v) is 13.2. The van der Waals surface area contributed by atoms with Crippen LogP contribution in [0.4, 0.5) is 0 Å². The lowest BCUT2D eigenvalue weighted by Crippen LogP contribution is -2.54. The van der Waals surface area contributed by atoms with Gasteiger partial charge in [-0.1, -0.05) is 25.5 Å². The van der Waals surface area contributed by atoms with Gasteiger partial charge in [0.15, 0.2) is 0 Å². The molecule has 1 heterocycles. The van der Waals surface area contributed by atoms with Gasteiger partial charge in [-0.25, -0.2) is 4.79 Å². The summed E-state index contributed by atoms with van der Waals surface area (Å²) in [7, 11) is 0. The Morgan fingerprint density at radius 1 is 1.26 bits per heavy atom. The molecule has 3 N–H and O–H groups in total. The van der Waals surface area contributed by atoms with E-state index in [2.05, 4.69) is 0 Å². The first-order valence-corrected chi connectivity index (χ1v) is 7.85. The Kier molecular flexibility index (Phi) is 5.38. The summed E-state index contributed by atoms with van der Waals surface area (Å²) in [5, 5.41) is 28.8. The standard InChI is InChI=1S/C17H23NO5/c1-2-7-17(16(22)23)8-9-18(11-14(17)19)10-12-3-5-13(6-4-12)15(20)21/h3-6,14,19H,2,7-11H2,1H3,(H,20,21)(H,22,23)/t14-,17-/m0/s1. The molecule has 1 aliphatic rings. The average Bonchev–Trinajstić information content (AvgIpc) is 2.50. The summed E-state index contributed by atoms with van der Waals surface area (Å²) in [5.74, 6) is -1.88. The second kappa shape index (κ2) is 7.10. The first-order chi connectivity index (χ1) is 10.9. The molecule has 126 valence electrons. The van der Waals surface area contributed by atoms with Crippen molar-refractivity contribution in [2.75, 3.05) is 13.1 Å². The van der Waals surface area contributed by atoms with Crippen LogP contribution in [0.3, 0.4) is 0 Å². The van der Waals surface area contributed by atoms with Gasteiger partial charge >= 0.3 is 11.9 Å². The smallest absolute Gasteiger partial charge is 0.335 e. The number of rotatable bonds is 6. The third-order valence-corrected chi connectivity index (χ3v) is 4.67. The molecule has 0 unspecified atom stereocenters. The normalized spacial score (nSPS) is 25.2. The number of aromatic carboxylic acids is 1. The molecule has 2 rings (SSSR count). The molecule has 6 heteroatoms. The van der Waals surface area contributed by atoms with Crippen LogP contribution in [-0.4, -0.2) is 51.4 Å². The fourth-order valence-corrected chi connectivity index (χ4v) is 3.28.